The second-order valence-electron chi connectivity index (χ2n) is 6.54. The van der Waals surface area contributed by atoms with Crippen molar-refractivity contribution in [1.82, 2.24) is 10.6 Å². The highest BCUT2D eigenvalue weighted by Crippen LogP contribution is 2.24. The first-order valence-electron chi connectivity index (χ1n) is 8.30. The van der Waals surface area contributed by atoms with Gasteiger partial charge in [-0.25, -0.2) is 4.79 Å². The monoisotopic (exact) mass is 318 g/mol. The number of carboxylic acids is 1. The van der Waals surface area contributed by atoms with Crippen molar-refractivity contribution in [3.63, 3.8) is 0 Å². The number of carboxylic acid groups (broad SMARTS) is 1. The molecule has 1 aromatic rings. The zero-order valence-corrected chi connectivity index (χ0v) is 13.8. The van der Waals surface area contributed by atoms with Gasteiger partial charge in [0.25, 0.3) is 0 Å². The summed E-state index contributed by atoms with van der Waals surface area (Å²) < 4.78 is 0. The molecular formula is C18H26N2O3. The molecule has 3 N–H and O–H groups in total. The summed E-state index contributed by atoms with van der Waals surface area (Å²) in [6.45, 7) is 4.07. The Hall–Kier alpha value is -2.04. The SMILES string of the molecule is Cc1ccccc1CC(C)NC(=O)NC1CCC(C(=O)O)CC1. The van der Waals surface area contributed by atoms with Crippen LogP contribution in [0.15, 0.2) is 24.3 Å². The van der Waals surface area contributed by atoms with E-state index in [4.69, 9.17) is 5.11 Å². The van der Waals surface area contributed by atoms with Crippen molar-refractivity contribution in [2.75, 3.05) is 0 Å². The highest BCUT2D eigenvalue weighted by atomic mass is 16.4. The van der Waals surface area contributed by atoms with Gasteiger partial charge in [-0.15, -0.1) is 0 Å². The number of carbonyl (C=O) groups excluding carboxylic acids is 1. The summed E-state index contributed by atoms with van der Waals surface area (Å²) in [5.41, 5.74) is 2.47. The van der Waals surface area contributed by atoms with Gasteiger partial charge >= 0.3 is 12.0 Å². The summed E-state index contributed by atoms with van der Waals surface area (Å²) in [5.74, 6) is -0.976. The second kappa shape index (κ2) is 7.99. The minimum Gasteiger partial charge on any atom is -0.481 e. The van der Waals surface area contributed by atoms with Crippen molar-refractivity contribution in [3.8, 4) is 0 Å². The van der Waals surface area contributed by atoms with Crippen molar-refractivity contribution in [2.45, 2.75) is 58.0 Å². The van der Waals surface area contributed by atoms with Crippen LogP contribution >= 0.6 is 0 Å². The normalized spacial score (nSPS) is 22.2. The van der Waals surface area contributed by atoms with Crippen LogP contribution in [-0.2, 0) is 11.2 Å². The Kier molecular flexibility index (Phi) is 6.02. The van der Waals surface area contributed by atoms with Crippen LogP contribution in [-0.4, -0.2) is 29.2 Å². The standard InChI is InChI=1S/C18H26N2O3/c1-12-5-3-4-6-15(12)11-13(2)19-18(23)20-16-9-7-14(8-10-16)17(21)22/h3-6,13-14,16H,7-11H2,1-2H3,(H,21,22)(H2,19,20,23). The molecular weight excluding hydrogens is 292 g/mol. The Morgan fingerprint density at radius 1 is 1.22 bits per heavy atom. The van der Waals surface area contributed by atoms with Crippen molar-refractivity contribution in [2.24, 2.45) is 5.92 Å². The number of carbonyl (C=O) groups is 2. The molecule has 0 radical (unpaired) electrons. The Bertz CT molecular complexity index is 551. The van der Waals surface area contributed by atoms with E-state index in [-0.39, 0.29) is 24.0 Å². The number of aliphatic carboxylic acids is 1. The molecule has 5 heteroatoms. The number of rotatable bonds is 5. The number of hydrogen-bond acceptors (Lipinski definition) is 2. The van der Waals surface area contributed by atoms with Crippen LogP contribution in [0.2, 0.25) is 0 Å². The quantitative estimate of drug-likeness (QED) is 0.781. The Balaban J connectivity index is 1.74. The molecule has 2 rings (SSSR count). The third kappa shape index (κ3) is 5.27. The molecule has 0 spiro atoms. The molecule has 1 saturated carbocycles. The summed E-state index contributed by atoms with van der Waals surface area (Å²) >= 11 is 0. The van der Waals surface area contributed by atoms with Crippen LogP contribution < -0.4 is 10.6 Å². The van der Waals surface area contributed by atoms with Crippen molar-refractivity contribution in [1.29, 1.82) is 0 Å². The third-order valence-corrected chi connectivity index (χ3v) is 4.58. The number of urea groups is 1. The molecule has 0 aliphatic heterocycles. The number of hydrogen-bond donors (Lipinski definition) is 3. The molecule has 0 heterocycles. The zero-order valence-electron chi connectivity index (χ0n) is 13.8. The number of amides is 2. The first-order valence-corrected chi connectivity index (χ1v) is 8.30. The topological polar surface area (TPSA) is 78.4 Å². The van der Waals surface area contributed by atoms with Gasteiger partial charge in [-0.3, -0.25) is 4.79 Å². The van der Waals surface area contributed by atoms with Gasteiger partial charge in [0.05, 0.1) is 5.92 Å². The zero-order chi connectivity index (χ0) is 16.8. The molecule has 126 valence electrons. The predicted molar refractivity (Wildman–Crippen MR) is 89.4 cm³/mol. The van der Waals surface area contributed by atoms with E-state index in [2.05, 4.69) is 29.7 Å². The van der Waals surface area contributed by atoms with Gasteiger partial charge in [-0.05, 0) is 57.1 Å². The van der Waals surface area contributed by atoms with Gasteiger partial charge in [0, 0.05) is 12.1 Å². The maximum Gasteiger partial charge on any atom is 0.315 e. The molecule has 1 fully saturated rings. The maximum absolute atomic E-state index is 12.1. The summed E-state index contributed by atoms with van der Waals surface area (Å²) in [5, 5.41) is 14.9. The Morgan fingerprint density at radius 2 is 1.87 bits per heavy atom. The van der Waals surface area contributed by atoms with Crippen LogP contribution in [0.3, 0.4) is 0 Å². The van der Waals surface area contributed by atoms with E-state index < -0.39 is 5.97 Å². The minimum absolute atomic E-state index is 0.0476. The van der Waals surface area contributed by atoms with Gasteiger partial charge in [-0.2, -0.15) is 0 Å². The van der Waals surface area contributed by atoms with E-state index in [0.717, 1.165) is 19.3 Å². The maximum atomic E-state index is 12.1. The number of nitrogens with one attached hydrogen (secondary N) is 2. The summed E-state index contributed by atoms with van der Waals surface area (Å²) in [6.07, 6.45) is 3.54. The summed E-state index contributed by atoms with van der Waals surface area (Å²) in [7, 11) is 0. The summed E-state index contributed by atoms with van der Waals surface area (Å²) in [4.78, 5) is 23.0. The van der Waals surface area contributed by atoms with Crippen molar-refractivity contribution in [3.05, 3.63) is 35.4 Å². The molecule has 0 saturated heterocycles. The van der Waals surface area contributed by atoms with E-state index in [9.17, 15) is 9.59 Å². The Labute approximate surface area is 137 Å². The first kappa shape index (κ1) is 17.3. The molecule has 1 atom stereocenters. The lowest BCUT2D eigenvalue weighted by Gasteiger charge is -2.27. The fraction of sp³-hybridized carbons (Fsp3) is 0.556. The molecule has 1 aromatic carbocycles. The smallest absolute Gasteiger partial charge is 0.315 e. The van der Waals surface area contributed by atoms with Crippen molar-refractivity contribution >= 4 is 12.0 Å². The number of benzene rings is 1. The van der Waals surface area contributed by atoms with E-state index in [1.165, 1.54) is 11.1 Å². The predicted octanol–water partition coefficient (Wildman–Crippen LogP) is 2.87. The van der Waals surface area contributed by atoms with E-state index >= 15 is 0 Å². The van der Waals surface area contributed by atoms with Gasteiger partial charge < -0.3 is 15.7 Å². The van der Waals surface area contributed by atoms with E-state index in [1.807, 2.05) is 19.1 Å². The molecule has 1 unspecified atom stereocenters. The van der Waals surface area contributed by atoms with Crippen LogP contribution in [0, 0.1) is 12.8 Å². The molecule has 5 nitrogen and oxygen atoms in total. The van der Waals surface area contributed by atoms with Crippen molar-refractivity contribution < 1.29 is 14.7 Å². The Morgan fingerprint density at radius 3 is 2.48 bits per heavy atom. The molecule has 0 aromatic heterocycles. The fourth-order valence-corrected chi connectivity index (χ4v) is 3.16. The largest absolute Gasteiger partial charge is 0.481 e. The lowest BCUT2D eigenvalue weighted by molar-refractivity contribution is -0.142. The molecule has 0 bridgehead atoms. The van der Waals surface area contributed by atoms with E-state index in [0.29, 0.717) is 12.8 Å². The molecule has 23 heavy (non-hydrogen) atoms. The minimum atomic E-state index is -0.722. The lowest BCUT2D eigenvalue weighted by atomic mass is 9.86. The molecule has 1 aliphatic rings. The van der Waals surface area contributed by atoms with E-state index in [1.54, 1.807) is 0 Å². The van der Waals surface area contributed by atoms with Gasteiger partial charge in [0.15, 0.2) is 0 Å². The van der Waals surface area contributed by atoms with Gasteiger partial charge in [0.2, 0.25) is 0 Å². The fourth-order valence-electron chi connectivity index (χ4n) is 3.16. The average molecular weight is 318 g/mol. The van der Waals surface area contributed by atoms with Gasteiger partial charge in [-0.1, -0.05) is 24.3 Å². The highest BCUT2D eigenvalue weighted by molar-refractivity contribution is 5.74. The second-order valence-corrected chi connectivity index (χ2v) is 6.54. The molecule has 2 amide bonds. The van der Waals surface area contributed by atoms with Gasteiger partial charge in [0.1, 0.15) is 0 Å². The van der Waals surface area contributed by atoms with Crippen LogP contribution in [0.25, 0.3) is 0 Å². The number of aryl methyl sites for hydroxylation is 1. The van der Waals surface area contributed by atoms with Crippen LogP contribution in [0.5, 0.6) is 0 Å². The van der Waals surface area contributed by atoms with Crippen LogP contribution in [0.4, 0.5) is 4.79 Å². The third-order valence-electron chi connectivity index (χ3n) is 4.58. The average Bonchev–Trinajstić information content (AvgIpc) is 2.50. The lowest BCUT2D eigenvalue weighted by Crippen LogP contribution is -2.47. The van der Waals surface area contributed by atoms with Crippen LogP contribution in [0.1, 0.15) is 43.7 Å². The molecule has 1 aliphatic carbocycles. The first-order chi connectivity index (χ1) is 11.0. The summed E-state index contributed by atoms with van der Waals surface area (Å²) in [6, 6.07) is 8.14. The highest BCUT2D eigenvalue weighted by Gasteiger charge is 2.26.